The fraction of sp³-hybridized carbons (Fsp3) is 0.429. The van der Waals surface area contributed by atoms with Crippen molar-refractivity contribution in [2.45, 2.75) is 32.1 Å². The number of nitrogens with one attached hydrogen (secondary N) is 2. The van der Waals surface area contributed by atoms with Crippen LogP contribution in [0.15, 0.2) is 49.2 Å². The summed E-state index contributed by atoms with van der Waals surface area (Å²) in [6, 6.07) is 5.77. The van der Waals surface area contributed by atoms with Crippen LogP contribution in [0.5, 0.6) is 0 Å². The molecule has 14 heteroatoms. The van der Waals surface area contributed by atoms with Gasteiger partial charge in [-0.1, -0.05) is 12.1 Å². The van der Waals surface area contributed by atoms with Crippen LogP contribution in [0.4, 0.5) is 27.9 Å². The van der Waals surface area contributed by atoms with Crippen LogP contribution in [-0.2, 0) is 16.9 Å². The molecule has 0 bridgehead atoms. The molecule has 0 radical (unpaired) electrons. The summed E-state index contributed by atoms with van der Waals surface area (Å²) in [5, 5.41) is 22.2. The summed E-state index contributed by atoms with van der Waals surface area (Å²) in [7, 11) is 0. The van der Waals surface area contributed by atoms with E-state index in [1.54, 1.807) is 37.6 Å². The molecule has 42 heavy (non-hydrogen) atoms. The fourth-order valence-corrected chi connectivity index (χ4v) is 5.09. The Bertz CT molecular complexity index is 1480. The molecule has 0 amide bonds. The summed E-state index contributed by atoms with van der Waals surface area (Å²) < 4.78 is 21.1. The van der Waals surface area contributed by atoms with Crippen LogP contribution in [0.1, 0.15) is 23.7 Å². The van der Waals surface area contributed by atoms with E-state index < -0.39 is 5.60 Å². The lowest BCUT2D eigenvalue weighted by molar-refractivity contribution is 0.0158. The lowest BCUT2D eigenvalue weighted by Gasteiger charge is -2.34. The van der Waals surface area contributed by atoms with Gasteiger partial charge in [0.25, 0.3) is 0 Å². The second-order valence-electron chi connectivity index (χ2n) is 10.6. The molecule has 2 aliphatic heterocycles. The first-order valence-corrected chi connectivity index (χ1v) is 14.0. The van der Waals surface area contributed by atoms with E-state index in [-0.39, 0.29) is 11.9 Å². The summed E-state index contributed by atoms with van der Waals surface area (Å²) in [5.74, 6) is 1.26. The highest BCUT2D eigenvalue weighted by Crippen LogP contribution is 2.29. The summed E-state index contributed by atoms with van der Waals surface area (Å²) in [5.41, 5.74) is 1.57. The first-order valence-electron chi connectivity index (χ1n) is 14.0. The molecule has 6 rings (SSSR count). The molecular formula is C28H34FN11O2. The number of morpholine rings is 1. The second-order valence-corrected chi connectivity index (χ2v) is 10.6. The van der Waals surface area contributed by atoms with Crippen molar-refractivity contribution in [2.24, 2.45) is 0 Å². The van der Waals surface area contributed by atoms with E-state index in [1.165, 1.54) is 18.5 Å². The monoisotopic (exact) mass is 575 g/mol. The van der Waals surface area contributed by atoms with E-state index in [1.807, 2.05) is 11.6 Å². The minimum Gasteiger partial charge on any atom is -0.381 e. The zero-order chi connectivity index (χ0) is 29.1. The van der Waals surface area contributed by atoms with E-state index in [0.717, 1.165) is 24.5 Å². The molecule has 1 aromatic carbocycles. The van der Waals surface area contributed by atoms with Crippen molar-refractivity contribution >= 4 is 23.5 Å². The molecule has 220 valence electrons. The Kier molecular flexibility index (Phi) is 7.91. The standard InChI is InChI=1S/C28H34FN11O2/c1-19-24(16-35-40(19)17-23-15-30-7-12-42-23)36-25-33-18-34-27(37-25)39-10-8-38(9-11-39)26-31-13-21(14-32-26)28(2,41)20-3-5-22(29)6-4-20/h3-6,13-14,16,18,23,30,41H,7-12,15,17H2,1-2H3,(H,33,34,36,37)/t23-,28?/m0/s1. The summed E-state index contributed by atoms with van der Waals surface area (Å²) in [6.07, 6.45) is 6.61. The van der Waals surface area contributed by atoms with Gasteiger partial charge in [0.1, 0.15) is 17.7 Å². The van der Waals surface area contributed by atoms with Gasteiger partial charge in [-0.05, 0) is 31.5 Å². The third-order valence-electron chi connectivity index (χ3n) is 7.74. The summed E-state index contributed by atoms with van der Waals surface area (Å²) in [6.45, 7) is 9.41. The number of benzene rings is 1. The number of nitrogens with zero attached hydrogens (tertiary/aromatic N) is 9. The number of hydrogen-bond acceptors (Lipinski definition) is 12. The molecule has 4 aromatic rings. The van der Waals surface area contributed by atoms with Crippen molar-refractivity contribution in [3.8, 4) is 0 Å². The van der Waals surface area contributed by atoms with Crippen molar-refractivity contribution < 1.29 is 14.2 Å². The van der Waals surface area contributed by atoms with Gasteiger partial charge in [0.05, 0.1) is 36.8 Å². The minimum absolute atomic E-state index is 0.0901. The van der Waals surface area contributed by atoms with Gasteiger partial charge in [0.2, 0.25) is 17.8 Å². The Hall–Kier alpha value is -4.27. The maximum absolute atomic E-state index is 13.3. The molecular weight excluding hydrogens is 541 g/mol. The smallest absolute Gasteiger partial charge is 0.232 e. The maximum atomic E-state index is 13.3. The number of hydrogen-bond donors (Lipinski definition) is 3. The van der Waals surface area contributed by atoms with Crippen LogP contribution in [0.3, 0.4) is 0 Å². The molecule has 2 aliphatic rings. The van der Waals surface area contributed by atoms with Crippen LogP contribution in [-0.4, -0.2) is 91.8 Å². The maximum Gasteiger partial charge on any atom is 0.232 e. The summed E-state index contributed by atoms with van der Waals surface area (Å²) >= 11 is 0. The number of piperazine rings is 1. The van der Waals surface area contributed by atoms with Crippen LogP contribution in [0, 0.1) is 12.7 Å². The van der Waals surface area contributed by atoms with Gasteiger partial charge < -0.3 is 30.3 Å². The Morgan fingerprint density at radius 1 is 1.00 bits per heavy atom. The zero-order valence-electron chi connectivity index (χ0n) is 23.6. The van der Waals surface area contributed by atoms with E-state index in [4.69, 9.17) is 4.74 Å². The van der Waals surface area contributed by atoms with E-state index in [2.05, 4.69) is 50.5 Å². The Labute approximate surface area is 242 Å². The third kappa shape index (κ3) is 6.00. The number of halogens is 1. The molecule has 2 fully saturated rings. The van der Waals surface area contributed by atoms with Gasteiger partial charge in [0.15, 0.2) is 0 Å². The van der Waals surface area contributed by atoms with Gasteiger partial charge in [-0.3, -0.25) is 4.68 Å². The Morgan fingerprint density at radius 2 is 1.71 bits per heavy atom. The average molecular weight is 576 g/mol. The molecule has 3 N–H and O–H groups in total. The molecule has 3 aromatic heterocycles. The highest BCUT2D eigenvalue weighted by Gasteiger charge is 2.28. The minimum atomic E-state index is -1.34. The third-order valence-corrected chi connectivity index (χ3v) is 7.74. The van der Waals surface area contributed by atoms with Crippen molar-refractivity contribution in [1.82, 2.24) is 40.0 Å². The highest BCUT2D eigenvalue weighted by molar-refractivity contribution is 5.56. The molecule has 0 saturated carbocycles. The SMILES string of the molecule is Cc1c(Nc2ncnc(N3CCN(c4ncc(C(C)(O)c5ccc(F)cc5)cn4)CC3)n2)cnn1C[C@@H]1CNCCO1. The topological polar surface area (TPSA) is 142 Å². The summed E-state index contributed by atoms with van der Waals surface area (Å²) in [4.78, 5) is 26.6. The first-order chi connectivity index (χ1) is 20.4. The molecule has 0 spiro atoms. The first kappa shape index (κ1) is 27.9. The quantitative estimate of drug-likeness (QED) is 0.281. The molecule has 13 nitrogen and oxygen atoms in total. The van der Waals surface area contributed by atoms with E-state index >= 15 is 0 Å². The molecule has 1 unspecified atom stereocenters. The molecule has 5 heterocycles. The Morgan fingerprint density at radius 3 is 2.40 bits per heavy atom. The molecule has 2 saturated heterocycles. The van der Waals surface area contributed by atoms with Gasteiger partial charge >= 0.3 is 0 Å². The number of aliphatic hydroxyl groups is 1. The van der Waals surface area contributed by atoms with Crippen molar-refractivity contribution in [3.05, 3.63) is 71.8 Å². The number of anilines is 4. The molecule has 2 atom stereocenters. The lowest BCUT2D eigenvalue weighted by atomic mass is 9.90. The predicted molar refractivity (Wildman–Crippen MR) is 154 cm³/mol. The van der Waals surface area contributed by atoms with Crippen LogP contribution >= 0.6 is 0 Å². The number of rotatable bonds is 8. The van der Waals surface area contributed by atoms with Crippen LogP contribution in [0.2, 0.25) is 0 Å². The van der Waals surface area contributed by atoms with Crippen LogP contribution < -0.4 is 20.4 Å². The second kappa shape index (κ2) is 11.9. The van der Waals surface area contributed by atoms with Crippen LogP contribution in [0.25, 0.3) is 0 Å². The predicted octanol–water partition coefficient (Wildman–Crippen LogP) is 1.62. The average Bonchev–Trinajstić information content (AvgIpc) is 3.36. The molecule has 0 aliphatic carbocycles. The Balaban J connectivity index is 1.06. The van der Waals surface area contributed by atoms with Gasteiger partial charge in [0, 0.05) is 57.2 Å². The number of ether oxygens (including phenoxy) is 1. The van der Waals surface area contributed by atoms with Crippen molar-refractivity contribution in [1.29, 1.82) is 0 Å². The van der Waals surface area contributed by atoms with Crippen molar-refractivity contribution in [3.63, 3.8) is 0 Å². The van der Waals surface area contributed by atoms with Gasteiger partial charge in [-0.2, -0.15) is 10.1 Å². The lowest BCUT2D eigenvalue weighted by Crippen LogP contribution is -2.47. The highest BCUT2D eigenvalue weighted by atomic mass is 19.1. The zero-order valence-corrected chi connectivity index (χ0v) is 23.6. The number of aromatic nitrogens is 7. The van der Waals surface area contributed by atoms with E-state index in [9.17, 15) is 9.50 Å². The normalized spacial score (nSPS) is 19.0. The van der Waals surface area contributed by atoms with Crippen molar-refractivity contribution in [2.75, 3.05) is 61.0 Å². The van der Waals surface area contributed by atoms with Gasteiger partial charge in [-0.25, -0.2) is 24.3 Å². The fourth-order valence-electron chi connectivity index (χ4n) is 5.09. The van der Waals surface area contributed by atoms with E-state index in [0.29, 0.717) is 68.3 Å². The van der Waals surface area contributed by atoms with Gasteiger partial charge in [-0.15, -0.1) is 0 Å². The largest absolute Gasteiger partial charge is 0.381 e.